The molecule has 0 saturated carbocycles. The summed E-state index contributed by atoms with van der Waals surface area (Å²) in [7, 11) is 0. The molecule has 5 heteroatoms. The summed E-state index contributed by atoms with van der Waals surface area (Å²) in [6.07, 6.45) is 0.597. The first-order chi connectivity index (χ1) is 7.67. The molecular formula is C12H18ClNO3. The van der Waals surface area contributed by atoms with Gasteiger partial charge in [0, 0.05) is 6.04 Å². The van der Waals surface area contributed by atoms with Crippen LogP contribution in [0.15, 0.2) is 24.3 Å². The van der Waals surface area contributed by atoms with Crippen molar-refractivity contribution in [2.24, 2.45) is 5.73 Å². The summed E-state index contributed by atoms with van der Waals surface area (Å²) in [5.41, 5.74) is 7.13. The first-order valence-electron chi connectivity index (χ1n) is 5.30. The first kappa shape index (κ1) is 15.9. The number of aliphatic hydroxyl groups is 1. The third-order valence-electron chi connectivity index (χ3n) is 2.20. The third-order valence-corrected chi connectivity index (χ3v) is 2.20. The SMILES string of the molecule is CCOC(=O)c1ccc(C[C@H](N)CO)cc1.Cl. The van der Waals surface area contributed by atoms with E-state index in [0.29, 0.717) is 18.6 Å². The molecule has 1 aromatic carbocycles. The van der Waals surface area contributed by atoms with E-state index in [1.807, 2.05) is 12.1 Å². The molecule has 0 aromatic heterocycles. The molecule has 17 heavy (non-hydrogen) atoms. The Bertz CT molecular complexity index is 340. The van der Waals surface area contributed by atoms with Gasteiger partial charge in [-0.2, -0.15) is 0 Å². The third kappa shape index (κ3) is 5.17. The van der Waals surface area contributed by atoms with Crippen LogP contribution in [0, 0.1) is 0 Å². The fraction of sp³-hybridized carbons (Fsp3) is 0.417. The Kier molecular flexibility index (Phi) is 7.54. The van der Waals surface area contributed by atoms with E-state index in [9.17, 15) is 4.79 Å². The number of nitrogens with two attached hydrogens (primary N) is 1. The molecule has 0 amide bonds. The highest BCUT2D eigenvalue weighted by Crippen LogP contribution is 2.07. The average molecular weight is 260 g/mol. The van der Waals surface area contributed by atoms with Crippen LogP contribution in [0.25, 0.3) is 0 Å². The van der Waals surface area contributed by atoms with Crippen LogP contribution < -0.4 is 5.73 Å². The number of carbonyl (C=O) groups excluding carboxylic acids is 1. The molecular weight excluding hydrogens is 242 g/mol. The molecule has 0 aliphatic carbocycles. The highest BCUT2D eigenvalue weighted by Gasteiger charge is 2.07. The minimum atomic E-state index is -0.319. The lowest BCUT2D eigenvalue weighted by molar-refractivity contribution is 0.0526. The average Bonchev–Trinajstić information content (AvgIpc) is 2.30. The molecule has 0 saturated heterocycles. The number of halogens is 1. The monoisotopic (exact) mass is 259 g/mol. The smallest absolute Gasteiger partial charge is 0.338 e. The number of rotatable bonds is 5. The van der Waals surface area contributed by atoms with Crippen LogP contribution in [0.3, 0.4) is 0 Å². The topological polar surface area (TPSA) is 72.5 Å². The van der Waals surface area contributed by atoms with Crippen molar-refractivity contribution in [1.82, 2.24) is 0 Å². The summed E-state index contributed by atoms with van der Waals surface area (Å²) in [5, 5.41) is 8.81. The van der Waals surface area contributed by atoms with Crippen LogP contribution in [0.2, 0.25) is 0 Å². The Morgan fingerprint density at radius 2 is 2.00 bits per heavy atom. The normalized spacial score (nSPS) is 11.5. The van der Waals surface area contributed by atoms with Gasteiger partial charge >= 0.3 is 5.97 Å². The molecule has 0 bridgehead atoms. The summed E-state index contributed by atoms with van der Waals surface area (Å²) in [6.45, 7) is 2.10. The van der Waals surface area contributed by atoms with Crippen LogP contribution >= 0.6 is 12.4 Å². The lowest BCUT2D eigenvalue weighted by Crippen LogP contribution is -2.26. The van der Waals surface area contributed by atoms with Crippen molar-refractivity contribution in [2.45, 2.75) is 19.4 Å². The Morgan fingerprint density at radius 1 is 1.41 bits per heavy atom. The molecule has 1 rings (SSSR count). The number of ether oxygens (including phenoxy) is 1. The maximum absolute atomic E-state index is 11.3. The molecule has 0 spiro atoms. The summed E-state index contributed by atoms with van der Waals surface area (Å²) in [5.74, 6) is -0.319. The number of aliphatic hydroxyl groups excluding tert-OH is 1. The molecule has 0 radical (unpaired) electrons. The molecule has 1 atom stereocenters. The van der Waals surface area contributed by atoms with Crippen molar-refractivity contribution in [2.75, 3.05) is 13.2 Å². The molecule has 0 aliphatic rings. The van der Waals surface area contributed by atoms with Crippen LogP contribution in [0.5, 0.6) is 0 Å². The van der Waals surface area contributed by atoms with Crippen LogP contribution in [-0.2, 0) is 11.2 Å². The Balaban J connectivity index is 0.00000256. The van der Waals surface area contributed by atoms with Crippen LogP contribution in [-0.4, -0.2) is 30.3 Å². The molecule has 0 aliphatic heterocycles. The molecule has 1 aromatic rings. The summed E-state index contributed by atoms with van der Waals surface area (Å²) in [4.78, 5) is 11.3. The zero-order valence-corrected chi connectivity index (χ0v) is 10.6. The van der Waals surface area contributed by atoms with Gasteiger partial charge in [-0.05, 0) is 31.0 Å². The molecule has 0 unspecified atom stereocenters. The molecule has 96 valence electrons. The van der Waals surface area contributed by atoms with E-state index < -0.39 is 0 Å². The lowest BCUT2D eigenvalue weighted by Gasteiger charge is -2.08. The van der Waals surface area contributed by atoms with Crippen molar-refractivity contribution in [3.63, 3.8) is 0 Å². The number of hydrogen-bond donors (Lipinski definition) is 2. The van der Waals surface area contributed by atoms with Gasteiger partial charge in [0.05, 0.1) is 18.8 Å². The van der Waals surface area contributed by atoms with Crippen molar-refractivity contribution in [3.8, 4) is 0 Å². The molecule has 0 fully saturated rings. The second-order valence-corrected chi connectivity index (χ2v) is 3.56. The Morgan fingerprint density at radius 3 is 2.47 bits per heavy atom. The van der Waals surface area contributed by atoms with Gasteiger partial charge in [0.15, 0.2) is 0 Å². The van der Waals surface area contributed by atoms with Crippen molar-refractivity contribution < 1.29 is 14.6 Å². The maximum atomic E-state index is 11.3. The number of benzene rings is 1. The number of carbonyl (C=O) groups is 1. The van der Waals surface area contributed by atoms with Gasteiger partial charge in [-0.1, -0.05) is 12.1 Å². The van der Waals surface area contributed by atoms with E-state index in [1.165, 1.54) is 0 Å². The summed E-state index contributed by atoms with van der Waals surface area (Å²) >= 11 is 0. The Hall–Kier alpha value is -1.10. The number of esters is 1. The zero-order chi connectivity index (χ0) is 12.0. The maximum Gasteiger partial charge on any atom is 0.338 e. The predicted octanol–water partition coefficient (Wildman–Crippen LogP) is 1.15. The quantitative estimate of drug-likeness (QED) is 0.778. The molecule has 3 N–H and O–H groups in total. The zero-order valence-electron chi connectivity index (χ0n) is 9.76. The van der Waals surface area contributed by atoms with E-state index in [-0.39, 0.29) is 31.0 Å². The predicted molar refractivity (Wildman–Crippen MR) is 68.4 cm³/mol. The van der Waals surface area contributed by atoms with Crippen molar-refractivity contribution in [1.29, 1.82) is 0 Å². The highest BCUT2D eigenvalue weighted by atomic mass is 35.5. The van der Waals surface area contributed by atoms with E-state index in [0.717, 1.165) is 5.56 Å². The minimum absolute atomic E-state index is 0. The highest BCUT2D eigenvalue weighted by molar-refractivity contribution is 5.89. The minimum Gasteiger partial charge on any atom is -0.462 e. The van der Waals surface area contributed by atoms with Gasteiger partial charge in [-0.3, -0.25) is 0 Å². The standard InChI is InChI=1S/C12H17NO3.ClH/c1-2-16-12(15)10-5-3-9(4-6-10)7-11(13)8-14;/h3-6,11,14H,2,7-8,13H2,1H3;1H/t11-;/m0./s1. The fourth-order valence-corrected chi connectivity index (χ4v) is 1.36. The van der Waals surface area contributed by atoms with Gasteiger partial charge in [0.1, 0.15) is 0 Å². The fourth-order valence-electron chi connectivity index (χ4n) is 1.36. The van der Waals surface area contributed by atoms with Gasteiger partial charge < -0.3 is 15.6 Å². The second kappa shape index (κ2) is 8.06. The largest absolute Gasteiger partial charge is 0.462 e. The van der Waals surface area contributed by atoms with Crippen molar-refractivity contribution in [3.05, 3.63) is 35.4 Å². The van der Waals surface area contributed by atoms with Crippen LogP contribution in [0.4, 0.5) is 0 Å². The van der Waals surface area contributed by atoms with E-state index >= 15 is 0 Å². The van der Waals surface area contributed by atoms with Gasteiger partial charge in [-0.15, -0.1) is 12.4 Å². The van der Waals surface area contributed by atoms with Crippen molar-refractivity contribution >= 4 is 18.4 Å². The first-order valence-corrected chi connectivity index (χ1v) is 5.30. The van der Waals surface area contributed by atoms with E-state index in [2.05, 4.69) is 0 Å². The lowest BCUT2D eigenvalue weighted by atomic mass is 10.1. The van der Waals surface area contributed by atoms with Gasteiger partial charge in [0.2, 0.25) is 0 Å². The summed E-state index contributed by atoms with van der Waals surface area (Å²) in [6, 6.07) is 6.80. The Labute approximate surface area is 107 Å². The summed E-state index contributed by atoms with van der Waals surface area (Å²) < 4.78 is 4.87. The van der Waals surface area contributed by atoms with E-state index in [4.69, 9.17) is 15.6 Å². The van der Waals surface area contributed by atoms with E-state index in [1.54, 1.807) is 19.1 Å². The molecule has 0 heterocycles. The molecule has 4 nitrogen and oxygen atoms in total. The second-order valence-electron chi connectivity index (χ2n) is 3.56. The van der Waals surface area contributed by atoms with Gasteiger partial charge in [0.25, 0.3) is 0 Å². The number of hydrogen-bond acceptors (Lipinski definition) is 4. The van der Waals surface area contributed by atoms with Crippen LogP contribution in [0.1, 0.15) is 22.8 Å². The van der Waals surface area contributed by atoms with Gasteiger partial charge in [-0.25, -0.2) is 4.79 Å².